The molecule has 1 aliphatic carbocycles. The fourth-order valence-electron chi connectivity index (χ4n) is 4.09. The number of benzene rings is 4. The Morgan fingerprint density at radius 3 is 1.81 bits per heavy atom. The molecule has 180 valence electrons. The largest absolute Gasteiger partial charge is 0.179 e. The van der Waals surface area contributed by atoms with Gasteiger partial charge in [-0.25, -0.2) is 11.6 Å². The fourth-order valence-corrected chi connectivity index (χ4v) is 4.61. The summed E-state index contributed by atoms with van der Waals surface area (Å²) < 4.78 is 1.33. The van der Waals surface area contributed by atoms with Gasteiger partial charge >= 0.3 is 95.6 Å². The molecule has 0 aliphatic heterocycles. The van der Waals surface area contributed by atoms with Crippen LogP contribution in [-0.4, -0.2) is 3.81 Å². The molecule has 0 radical (unpaired) electrons. The van der Waals surface area contributed by atoms with E-state index in [4.69, 9.17) is 0 Å². The van der Waals surface area contributed by atoms with E-state index in [1.807, 2.05) is 18.2 Å². The summed E-state index contributed by atoms with van der Waals surface area (Å²) in [7, 11) is 0. The van der Waals surface area contributed by atoms with Crippen molar-refractivity contribution in [2.24, 2.45) is 0 Å². The van der Waals surface area contributed by atoms with E-state index in [1.54, 1.807) is 0 Å². The average molecular weight is 543 g/mol. The SMILES string of the molecule is Cc1c[cH-]c(C)c1.[Cl-].[Cl-].[Ti+2]=[C](c1ccccc1)c1ccccc1.[c-]1cccc2c1Cc1ccccc1-2. The van der Waals surface area contributed by atoms with E-state index in [9.17, 15) is 0 Å². The van der Waals surface area contributed by atoms with E-state index >= 15 is 0 Å². The van der Waals surface area contributed by atoms with Gasteiger partial charge in [-0.1, -0.05) is 49.2 Å². The summed E-state index contributed by atoms with van der Waals surface area (Å²) in [5, 5.41) is 0. The summed E-state index contributed by atoms with van der Waals surface area (Å²) in [4.78, 5) is 0. The predicted octanol–water partition coefficient (Wildman–Crippen LogP) is 1.89. The van der Waals surface area contributed by atoms with Crippen LogP contribution >= 0.6 is 0 Å². The first-order chi connectivity index (χ1) is 16.6. The number of hydrogen-bond donors (Lipinski definition) is 0. The van der Waals surface area contributed by atoms with Crippen molar-refractivity contribution in [3.63, 3.8) is 0 Å². The molecule has 0 amide bonds. The molecular formula is C33H28Cl2Ti-2. The summed E-state index contributed by atoms with van der Waals surface area (Å²) in [5.74, 6) is 0. The Morgan fingerprint density at radius 1 is 0.722 bits per heavy atom. The van der Waals surface area contributed by atoms with Crippen LogP contribution in [-0.2, 0) is 26.4 Å². The van der Waals surface area contributed by atoms with Crippen LogP contribution in [0.4, 0.5) is 0 Å². The number of fused-ring (bicyclic) bond motifs is 3. The summed E-state index contributed by atoms with van der Waals surface area (Å²) >= 11 is 2.16. The molecule has 36 heavy (non-hydrogen) atoms. The minimum atomic E-state index is 0. The number of hydrogen-bond acceptors (Lipinski definition) is 0. The molecular weight excluding hydrogens is 515 g/mol. The number of aryl methyl sites for hydroxylation is 2. The van der Waals surface area contributed by atoms with Gasteiger partial charge in [-0.15, -0.1) is 5.56 Å². The van der Waals surface area contributed by atoms with E-state index in [1.165, 1.54) is 48.3 Å². The molecule has 0 fully saturated rings. The zero-order chi connectivity index (χ0) is 23.8. The Bertz CT molecular complexity index is 1250. The van der Waals surface area contributed by atoms with Gasteiger partial charge < -0.3 is 24.8 Å². The average Bonchev–Trinajstić information content (AvgIpc) is 3.47. The molecule has 0 unspecified atom stereocenters. The maximum atomic E-state index is 3.30. The number of rotatable bonds is 2. The Morgan fingerprint density at radius 2 is 1.28 bits per heavy atom. The van der Waals surface area contributed by atoms with E-state index in [0.29, 0.717) is 0 Å². The first-order valence-electron chi connectivity index (χ1n) is 11.6. The quantitative estimate of drug-likeness (QED) is 0.231. The smallest absolute Gasteiger partial charge is 0.0253 e. The maximum absolute atomic E-state index is 3.30. The van der Waals surface area contributed by atoms with Gasteiger partial charge in [-0.05, 0) is 6.42 Å². The van der Waals surface area contributed by atoms with E-state index < -0.39 is 0 Å². The van der Waals surface area contributed by atoms with E-state index in [0.717, 1.165) is 6.42 Å². The van der Waals surface area contributed by atoms with Crippen molar-refractivity contribution in [3.8, 4) is 11.1 Å². The Labute approximate surface area is 239 Å². The predicted molar refractivity (Wildman–Crippen MR) is 141 cm³/mol. The monoisotopic (exact) mass is 542 g/mol. The van der Waals surface area contributed by atoms with Crippen LogP contribution in [0.3, 0.4) is 0 Å². The fraction of sp³-hybridized carbons (Fsp3) is 0.0909. The van der Waals surface area contributed by atoms with Gasteiger partial charge in [0.25, 0.3) is 0 Å². The van der Waals surface area contributed by atoms with Gasteiger partial charge in [-0.2, -0.15) is 47.5 Å². The number of halogens is 2. The third kappa shape index (κ3) is 7.95. The second-order valence-corrected chi connectivity index (χ2v) is 9.25. The van der Waals surface area contributed by atoms with Gasteiger partial charge in [0, 0.05) is 0 Å². The molecule has 5 aromatic carbocycles. The first kappa shape index (κ1) is 29.6. The zero-order valence-corrected chi connectivity index (χ0v) is 23.6. The van der Waals surface area contributed by atoms with Crippen molar-refractivity contribution in [1.82, 2.24) is 0 Å². The van der Waals surface area contributed by atoms with Crippen LogP contribution in [0.2, 0.25) is 0 Å². The second kappa shape index (κ2) is 14.8. The molecule has 0 saturated heterocycles. The van der Waals surface area contributed by atoms with Crippen molar-refractivity contribution in [2.45, 2.75) is 20.3 Å². The molecule has 1 aliphatic rings. The summed E-state index contributed by atoms with van der Waals surface area (Å²) in [6, 6.07) is 45.5. The van der Waals surface area contributed by atoms with Crippen molar-refractivity contribution in [2.75, 3.05) is 0 Å². The van der Waals surface area contributed by atoms with Crippen molar-refractivity contribution in [3.05, 3.63) is 161 Å². The molecule has 3 heteroatoms. The van der Waals surface area contributed by atoms with Crippen LogP contribution < -0.4 is 24.8 Å². The van der Waals surface area contributed by atoms with Crippen molar-refractivity contribution in [1.29, 1.82) is 0 Å². The van der Waals surface area contributed by atoms with Gasteiger partial charge in [-0.3, -0.25) is 0 Å². The molecule has 0 bridgehead atoms. The molecule has 6 rings (SSSR count). The van der Waals surface area contributed by atoms with Crippen LogP contribution in [0.25, 0.3) is 11.1 Å². The third-order valence-corrected chi connectivity index (χ3v) is 6.71. The van der Waals surface area contributed by atoms with Crippen LogP contribution in [0, 0.1) is 19.9 Å². The van der Waals surface area contributed by atoms with E-state index in [2.05, 4.69) is 143 Å². The summed E-state index contributed by atoms with van der Waals surface area (Å²) in [6.07, 6.45) is 1.05. The molecule has 0 saturated carbocycles. The summed E-state index contributed by atoms with van der Waals surface area (Å²) in [6.45, 7) is 4.21. The topological polar surface area (TPSA) is 0 Å². The third-order valence-electron chi connectivity index (χ3n) is 5.81. The Kier molecular flexibility index (Phi) is 12.2. The first-order valence-corrected chi connectivity index (χ1v) is 12.4. The van der Waals surface area contributed by atoms with Crippen LogP contribution in [0.15, 0.2) is 121 Å². The second-order valence-electron chi connectivity index (χ2n) is 8.47. The van der Waals surface area contributed by atoms with Crippen molar-refractivity contribution >= 4 is 3.81 Å². The standard InChI is InChI=1S/C13H9.C13H10.C7H9.2ClH.Ti/c1-3-7-12-10(5-1)9-11-6-2-4-8-13(11)12;1-3-7-12(8-4-1)11-13-9-5-2-6-10-13;1-6-3-4-7(2)5-6;;;/h1-5,7-8H,9H2;1-10H;3-5H,1-2H3;2*1H;/q-1;;-1;;;+2/p-2. The minimum Gasteiger partial charge on any atom is -0.179 e. The maximum Gasteiger partial charge on any atom is -0.0253 e. The molecule has 5 aromatic rings. The molecule has 0 nitrogen and oxygen atoms in total. The van der Waals surface area contributed by atoms with Gasteiger partial charge in [0.2, 0.25) is 0 Å². The molecule has 0 spiro atoms. The zero-order valence-electron chi connectivity index (χ0n) is 20.5. The Hall–Kier alpha value is -2.61. The van der Waals surface area contributed by atoms with Gasteiger partial charge in [0.1, 0.15) is 0 Å². The van der Waals surface area contributed by atoms with Crippen LogP contribution in [0.1, 0.15) is 33.4 Å². The molecule has 0 N–H and O–H groups in total. The minimum absolute atomic E-state index is 0. The van der Waals surface area contributed by atoms with Gasteiger partial charge in [0.15, 0.2) is 0 Å². The molecule has 0 heterocycles. The summed E-state index contributed by atoms with van der Waals surface area (Å²) in [5.41, 5.74) is 10.8. The van der Waals surface area contributed by atoms with Crippen molar-refractivity contribution < 1.29 is 44.8 Å². The molecule has 0 aromatic heterocycles. The molecule has 0 atom stereocenters. The van der Waals surface area contributed by atoms with Crippen LogP contribution in [0.5, 0.6) is 0 Å². The van der Waals surface area contributed by atoms with E-state index in [-0.39, 0.29) is 24.8 Å². The van der Waals surface area contributed by atoms with Gasteiger partial charge in [0.05, 0.1) is 0 Å². The Balaban J connectivity index is 0.000000194. The normalized spacial score (nSPS) is 10.1.